The van der Waals surface area contributed by atoms with Crippen molar-refractivity contribution >= 4 is 23.4 Å². The van der Waals surface area contributed by atoms with Crippen LogP contribution in [0.25, 0.3) is 0 Å². The van der Waals surface area contributed by atoms with Gasteiger partial charge >= 0.3 is 0 Å². The molecule has 4 nitrogen and oxygen atoms in total. The Morgan fingerprint density at radius 1 is 1.45 bits per heavy atom. The maximum absolute atomic E-state index is 13.1. The van der Waals surface area contributed by atoms with Crippen LogP contribution in [-0.4, -0.2) is 28.8 Å². The van der Waals surface area contributed by atoms with Crippen LogP contribution >= 0.6 is 11.6 Å². The summed E-state index contributed by atoms with van der Waals surface area (Å²) in [6.07, 6.45) is 0.229. The Bertz CT molecular complexity index is 598. The van der Waals surface area contributed by atoms with Gasteiger partial charge in [0.1, 0.15) is 5.82 Å². The topological polar surface area (TPSA) is 49.4 Å². The molecular weight excluding hydrogens is 307 g/mol. The quantitative estimate of drug-likeness (QED) is 0.928. The summed E-state index contributed by atoms with van der Waals surface area (Å²) < 4.78 is 13.1. The molecule has 120 valence electrons. The van der Waals surface area contributed by atoms with Crippen LogP contribution in [0.15, 0.2) is 18.2 Å². The van der Waals surface area contributed by atoms with Crippen LogP contribution in [0, 0.1) is 11.7 Å². The highest BCUT2D eigenvalue weighted by Gasteiger charge is 2.39. The van der Waals surface area contributed by atoms with Crippen LogP contribution in [0.4, 0.5) is 4.39 Å². The maximum atomic E-state index is 13.1. The molecule has 0 radical (unpaired) electrons. The van der Waals surface area contributed by atoms with Crippen LogP contribution in [-0.2, 0) is 16.1 Å². The minimum Gasteiger partial charge on any atom is -0.352 e. The van der Waals surface area contributed by atoms with Gasteiger partial charge in [-0.2, -0.15) is 0 Å². The molecule has 0 bridgehead atoms. The molecule has 0 aliphatic carbocycles. The summed E-state index contributed by atoms with van der Waals surface area (Å²) in [6.45, 7) is 6.54. The predicted molar refractivity (Wildman–Crippen MR) is 82.8 cm³/mol. The zero-order valence-electron chi connectivity index (χ0n) is 13.0. The molecule has 1 atom stereocenters. The molecule has 1 N–H and O–H groups in total. The second-order valence-electron chi connectivity index (χ2n) is 6.54. The van der Waals surface area contributed by atoms with Gasteiger partial charge in [0.05, 0.1) is 10.9 Å². The van der Waals surface area contributed by atoms with Crippen molar-refractivity contribution in [1.29, 1.82) is 0 Å². The first kappa shape index (κ1) is 16.7. The Hall–Kier alpha value is -1.62. The first-order chi connectivity index (χ1) is 10.2. The second kappa shape index (κ2) is 6.24. The van der Waals surface area contributed by atoms with Crippen LogP contribution < -0.4 is 5.32 Å². The molecule has 22 heavy (non-hydrogen) atoms. The molecule has 0 spiro atoms. The van der Waals surface area contributed by atoms with Gasteiger partial charge < -0.3 is 10.2 Å². The molecule has 0 unspecified atom stereocenters. The standard InChI is InChI=1S/C16H20ClFN2O2/c1-16(2,3)20-9-11(7-14(20)21)15(22)19-8-10-4-5-13(18)12(17)6-10/h4-6,11H,7-9H2,1-3H3,(H,19,22)/t11-/m0/s1. The molecule has 6 heteroatoms. The SMILES string of the molecule is CC(C)(C)N1C[C@@H](C(=O)NCc2ccc(F)c(Cl)c2)CC1=O. The number of nitrogens with one attached hydrogen (secondary N) is 1. The van der Waals surface area contributed by atoms with Crippen molar-refractivity contribution in [3.8, 4) is 0 Å². The van der Waals surface area contributed by atoms with E-state index < -0.39 is 5.82 Å². The van der Waals surface area contributed by atoms with Crippen LogP contribution in [0.1, 0.15) is 32.8 Å². The van der Waals surface area contributed by atoms with Crippen molar-refractivity contribution in [3.63, 3.8) is 0 Å². The van der Waals surface area contributed by atoms with E-state index in [0.29, 0.717) is 6.54 Å². The predicted octanol–water partition coefficient (Wildman–Crippen LogP) is 2.74. The van der Waals surface area contributed by atoms with Gasteiger partial charge in [0.25, 0.3) is 0 Å². The number of hydrogen-bond acceptors (Lipinski definition) is 2. The Morgan fingerprint density at radius 3 is 2.68 bits per heavy atom. The molecule has 1 aromatic rings. The van der Waals surface area contributed by atoms with Gasteiger partial charge in [0, 0.05) is 25.0 Å². The number of rotatable bonds is 3. The molecule has 1 aliphatic rings. The molecule has 1 fully saturated rings. The minimum atomic E-state index is -0.487. The van der Waals surface area contributed by atoms with Gasteiger partial charge in [-0.15, -0.1) is 0 Å². The van der Waals surface area contributed by atoms with E-state index in [0.717, 1.165) is 5.56 Å². The van der Waals surface area contributed by atoms with Crippen molar-refractivity contribution in [1.82, 2.24) is 10.2 Å². The highest BCUT2D eigenvalue weighted by atomic mass is 35.5. The summed E-state index contributed by atoms with van der Waals surface area (Å²) in [5.41, 5.74) is 0.438. The van der Waals surface area contributed by atoms with E-state index in [-0.39, 0.29) is 41.3 Å². The monoisotopic (exact) mass is 326 g/mol. The highest BCUT2D eigenvalue weighted by molar-refractivity contribution is 6.30. The Kier molecular flexibility index (Phi) is 4.75. The Labute approximate surface area is 134 Å². The fraction of sp³-hybridized carbons (Fsp3) is 0.500. The van der Waals surface area contributed by atoms with E-state index in [1.54, 1.807) is 11.0 Å². The number of nitrogens with zero attached hydrogens (tertiary/aromatic N) is 1. The first-order valence-corrected chi connectivity index (χ1v) is 7.58. The zero-order chi connectivity index (χ0) is 16.5. The van der Waals surface area contributed by atoms with Crippen molar-refractivity contribution in [3.05, 3.63) is 34.6 Å². The number of benzene rings is 1. The fourth-order valence-corrected chi connectivity index (χ4v) is 2.72. The number of carbonyl (C=O) groups excluding carboxylic acids is 2. The number of likely N-dealkylation sites (tertiary alicyclic amines) is 1. The smallest absolute Gasteiger partial charge is 0.225 e. The van der Waals surface area contributed by atoms with Crippen molar-refractivity contribution in [2.75, 3.05) is 6.54 Å². The van der Waals surface area contributed by atoms with Crippen LogP contribution in [0.2, 0.25) is 5.02 Å². The Morgan fingerprint density at radius 2 is 2.14 bits per heavy atom. The van der Waals surface area contributed by atoms with E-state index in [1.807, 2.05) is 20.8 Å². The third kappa shape index (κ3) is 3.77. The molecule has 1 heterocycles. The molecular formula is C16H20ClFN2O2. The second-order valence-corrected chi connectivity index (χ2v) is 6.95. The number of halogens is 2. The van der Waals surface area contributed by atoms with Gasteiger partial charge in [-0.3, -0.25) is 9.59 Å². The summed E-state index contributed by atoms with van der Waals surface area (Å²) in [5.74, 6) is -1.00. The van der Waals surface area contributed by atoms with Gasteiger partial charge in [-0.1, -0.05) is 17.7 Å². The van der Waals surface area contributed by atoms with Gasteiger partial charge in [-0.25, -0.2) is 4.39 Å². The largest absolute Gasteiger partial charge is 0.352 e. The summed E-state index contributed by atoms with van der Waals surface area (Å²) in [7, 11) is 0. The maximum Gasteiger partial charge on any atom is 0.225 e. The van der Waals surface area contributed by atoms with E-state index in [4.69, 9.17) is 11.6 Å². The summed E-state index contributed by atoms with van der Waals surface area (Å²) in [4.78, 5) is 25.9. The third-order valence-electron chi connectivity index (χ3n) is 3.76. The zero-order valence-corrected chi connectivity index (χ0v) is 13.7. The van der Waals surface area contributed by atoms with E-state index in [9.17, 15) is 14.0 Å². The molecule has 2 amide bonds. The number of carbonyl (C=O) groups is 2. The summed E-state index contributed by atoms with van der Waals surface area (Å²) in [6, 6.07) is 4.32. The lowest BCUT2D eigenvalue weighted by Crippen LogP contribution is -2.43. The lowest BCUT2D eigenvalue weighted by atomic mass is 10.1. The van der Waals surface area contributed by atoms with E-state index in [2.05, 4.69) is 5.32 Å². The van der Waals surface area contributed by atoms with E-state index in [1.165, 1.54) is 12.1 Å². The average Bonchev–Trinajstić information content (AvgIpc) is 2.82. The number of hydrogen-bond donors (Lipinski definition) is 1. The van der Waals surface area contributed by atoms with Crippen LogP contribution in [0.5, 0.6) is 0 Å². The average molecular weight is 327 g/mol. The lowest BCUT2D eigenvalue weighted by molar-refractivity contribution is -0.132. The normalized spacial score (nSPS) is 18.7. The summed E-state index contributed by atoms with van der Waals surface area (Å²) >= 11 is 5.71. The highest BCUT2D eigenvalue weighted by Crippen LogP contribution is 2.26. The van der Waals surface area contributed by atoms with Crippen LogP contribution in [0.3, 0.4) is 0 Å². The first-order valence-electron chi connectivity index (χ1n) is 7.20. The lowest BCUT2D eigenvalue weighted by Gasteiger charge is -2.31. The number of amides is 2. The molecule has 1 saturated heterocycles. The van der Waals surface area contributed by atoms with Gasteiger partial charge in [0.2, 0.25) is 11.8 Å². The molecule has 1 aliphatic heterocycles. The van der Waals surface area contributed by atoms with Crippen molar-refractivity contribution in [2.45, 2.75) is 39.3 Å². The minimum absolute atomic E-state index is 0.00234. The van der Waals surface area contributed by atoms with Crippen molar-refractivity contribution < 1.29 is 14.0 Å². The summed E-state index contributed by atoms with van der Waals surface area (Å²) in [5, 5.41) is 2.81. The van der Waals surface area contributed by atoms with Gasteiger partial charge in [0.15, 0.2) is 0 Å². The molecule has 2 rings (SSSR count). The molecule has 0 aromatic heterocycles. The fourth-order valence-electron chi connectivity index (χ4n) is 2.51. The van der Waals surface area contributed by atoms with E-state index >= 15 is 0 Å². The molecule has 1 aromatic carbocycles. The molecule has 0 saturated carbocycles. The third-order valence-corrected chi connectivity index (χ3v) is 4.05. The van der Waals surface area contributed by atoms with Crippen molar-refractivity contribution in [2.24, 2.45) is 5.92 Å². The van der Waals surface area contributed by atoms with Gasteiger partial charge in [-0.05, 0) is 38.5 Å². The Balaban J connectivity index is 1.93.